The number of aryl methyl sites for hydroxylation is 1. The molecule has 1 unspecified atom stereocenters. The minimum absolute atomic E-state index is 0.325. The van der Waals surface area contributed by atoms with Crippen molar-refractivity contribution in [2.24, 2.45) is 0 Å². The van der Waals surface area contributed by atoms with Crippen molar-refractivity contribution in [3.05, 3.63) is 23.3 Å². The SMILES string of the molecule is CNC(C)c1cnc(C2CCCCCCC2)nc1C. The summed E-state index contributed by atoms with van der Waals surface area (Å²) in [5.41, 5.74) is 2.35. The number of nitrogens with zero attached hydrogens (tertiary/aromatic N) is 2. The topological polar surface area (TPSA) is 37.8 Å². The van der Waals surface area contributed by atoms with Crippen LogP contribution in [0.1, 0.15) is 80.9 Å². The first-order valence-electron chi connectivity index (χ1n) is 7.73. The Morgan fingerprint density at radius 3 is 2.37 bits per heavy atom. The third-order valence-corrected chi connectivity index (χ3v) is 4.41. The van der Waals surface area contributed by atoms with Gasteiger partial charge >= 0.3 is 0 Å². The molecule has 0 spiro atoms. The van der Waals surface area contributed by atoms with E-state index in [1.165, 1.54) is 50.5 Å². The zero-order valence-corrected chi connectivity index (χ0v) is 12.6. The average molecular weight is 261 g/mol. The molecule has 3 heteroatoms. The first-order valence-corrected chi connectivity index (χ1v) is 7.73. The van der Waals surface area contributed by atoms with Crippen molar-refractivity contribution in [3.8, 4) is 0 Å². The summed E-state index contributed by atoms with van der Waals surface area (Å²) in [4.78, 5) is 9.44. The van der Waals surface area contributed by atoms with Gasteiger partial charge < -0.3 is 5.32 Å². The average Bonchev–Trinajstić information content (AvgIpc) is 2.37. The van der Waals surface area contributed by atoms with E-state index in [2.05, 4.69) is 24.1 Å². The Hall–Kier alpha value is -0.960. The summed E-state index contributed by atoms with van der Waals surface area (Å²) in [6.45, 7) is 4.26. The van der Waals surface area contributed by atoms with Gasteiger partial charge in [-0.25, -0.2) is 9.97 Å². The molecule has 0 aliphatic heterocycles. The van der Waals surface area contributed by atoms with E-state index in [4.69, 9.17) is 4.98 Å². The Balaban J connectivity index is 2.13. The summed E-state index contributed by atoms with van der Waals surface area (Å²) in [6, 6.07) is 0.325. The Kier molecular flexibility index (Phi) is 5.32. The van der Waals surface area contributed by atoms with E-state index in [0.29, 0.717) is 12.0 Å². The fraction of sp³-hybridized carbons (Fsp3) is 0.750. The molecular weight excluding hydrogens is 234 g/mol. The second-order valence-corrected chi connectivity index (χ2v) is 5.82. The number of aromatic nitrogens is 2. The largest absolute Gasteiger partial charge is 0.313 e. The molecule has 0 amide bonds. The highest BCUT2D eigenvalue weighted by atomic mass is 14.9. The van der Waals surface area contributed by atoms with Crippen LogP contribution in [0, 0.1) is 6.92 Å². The minimum Gasteiger partial charge on any atom is -0.313 e. The molecule has 0 saturated heterocycles. The molecule has 1 fully saturated rings. The van der Waals surface area contributed by atoms with Crippen LogP contribution in [0.4, 0.5) is 0 Å². The fourth-order valence-electron chi connectivity index (χ4n) is 2.99. The Labute approximate surface area is 117 Å². The van der Waals surface area contributed by atoms with Crippen molar-refractivity contribution in [2.45, 2.75) is 70.8 Å². The molecule has 0 aromatic carbocycles. The zero-order chi connectivity index (χ0) is 13.7. The van der Waals surface area contributed by atoms with Crippen molar-refractivity contribution < 1.29 is 0 Å². The highest BCUT2D eigenvalue weighted by Gasteiger charge is 2.18. The van der Waals surface area contributed by atoms with Gasteiger partial charge in [-0.3, -0.25) is 0 Å². The van der Waals surface area contributed by atoms with Crippen molar-refractivity contribution in [3.63, 3.8) is 0 Å². The fourth-order valence-corrected chi connectivity index (χ4v) is 2.99. The minimum atomic E-state index is 0.325. The van der Waals surface area contributed by atoms with E-state index in [1.807, 2.05) is 13.2 Å². The van der Waals surface area contributed by atoms with Gasteiger partial charge in [0.2, 0.25) is 0 Å². The van der Waals surface area contributed by atoms with Gasteiger partial charge in [0.15, 0.2) is 0 Å². The van der Waals surface area contributed by atoms with Gasteiger partial charge in [-0.1, -0.05) is 32.1 Å². The highest BCUT2D eigenvalue weighted by molar-refractivity contribution is 5.20. The van der Waals surface area contributed by atoms with Gasteiger partial charge in [-0.2, -0.15) is 0 Å². The molecule has 1 saturated carbocycles. The summed E-state index contributed by atoms with van der Waals surface area (Å²) >= 11 is 0. The van der Waals surface area contributed by atoms with E-state index in [-0.39, 0.29) is 0 Å². The lowest BCUT2D eigenvalue weighted by molar-refractivity contribution is 0.441. The Bertz CT molecular complexity index is 395. The van der Waals surface area contributed by atoms with E-state index < -0.39 is 0 Å². The van der Waals surface area contributed by atoms with Crippen LogP contribution in [0.15, 0.2) is 6.20 Å². The van der Waals surface area contributed by atoms with Crippen molar-refractivity contribution >= 4 is 0 Å². The van der Waals surface area contributed by atoms with Crippen LogP contribution in [0.5, 0.6) is 0 Å². The third-order valence-electron chi connectivity index (χ3n) is 4.41. The lowest BCUT2D eigenvalue weighted by Gasteiger charge is -2.20. The molecule has 0 radical (unpaired) electrons. The molecule has 2 rings (SSSR count). The molecule has 1 aliphatic rings. The van der Waals surface area contributed by atoms with Crippen molar-refractivity contribution in [2.75, 3.05) is 7.05 Å². The summed E-state index contributed by atoms with van der Waals surface area (Å²) in [6.07, 6.45) is 11.4. The standard InChI is InChI=1S/C16H27N3/c1-12(17-3)15-11-18-16(19-13(15)2)14-9-7-5-4-6-8-10-14/h11-12,14,17H,4-10H2,1-3H3. The van der Waals surface area contributed by atoms with Crippen LogP contribution < -0.4 is 5.32 Å². The monoisotopic (exact) mass is 261 g/mol. The maximum absolute atomic E-state index is 4.79. The zero-order valence-electron chi connectivity index (χ0n) is 12.6. The van der Waals surface area contributed by atoms with Gasteiger partial charge in [0.25, 0.3) is 0 Å². The summed E-state index contributed by atoms with van der Waals surface area (Å²) in [5, 5.41) is 3.26. The Morgan fingerprint density at radius 1 is 1.16 bits per heavy atom. The van der Waals surface area contributed by atoms with E-state index >= 15 is 0 Å². The molecule has 1 N–H and O–H groups in total. The summed E-state index contributed by atoms with van der Waals surface area (Å²) < 4.78 is 0. The predicted molar refractivity (Wildman–Crippen MR) is 79.3 cm³/mol. The van der Waals surface area contributed by atoms with Crippen molar-refractivity contribution in [1.82, 2.24) is 15.3 Å². The van der Waals surface area contributed by atoms with Crippen LogP contribution >= 0.6 is 0 Å². The lowest BCUT2D eigenvalue weighted by atomic mass is 9.90. The van der Waals surface area contributed by atoms with Gasteiger partial charge in [-0.05, 0) is 33.7 Å². The molecule has 1 aromatic rings. The lowest BCUT2D eigenvalue weighted by Crippen LogP contribution is -2.16. The maximum atomic E-state index is 4.79. The first kappa shape index (κ1) is 14.4. The smallest absolute Gasteiger partial charge is 0.131 e. The van der Waals surface area contributed by atoms with E-state index in [1.54, 1.807) is 0 Å². The van der Waals surface area contributed by atoms with Crippen LogP contribution in [-0.4, -0.2) is 17.0 Å². The Morgan fingerprint density at radius 2 is 1.79 bits per heavy atom. The van der Waals surface area contributed by atoms with Crippen LogP contribution in [0.25, 0.3) is 0 Å². The number of hydrogen-bond donors (Lipinski definition) is 1. The molecule has 19 heavy (non-hydrogen) atoms. The summed E-state index contributed by atoms with van der Waals surface area (Å²) in [5.74, 6) is 1.66. The van der Waals surface area contributed by atoms with E-state index in [9.17, 15) is 0 Å². The highest BCUT2D eigenvalue weighted by Crippen LogP contribution is 2.29. The molecular formula is C16H27N3. The second-order valence-electron chi connectivity index (χ2n) is 5.82. The first-order chi connectivity index (χ1) is 9.22. The molecule has 1 heterocycles. The molecule has 106 valence electrons. The quantitative estimate of drug-likeness (QED) is 0.897. The predicted octanol–water partition coefficient (Wildman–Crippen LogP) is 3.89. The second kappa shape index (κ2) is 6.99. The maximum Gasteiger partial charge on any atom is 0.131 e. The van der Waals surface area contributed by atoms with E-state index in [0.717, 1.165) is 11.5 Å². The number of nitrogens with one attached hydrogen (secondary N) is 1. The number of rotatable bonds is 3. The third kappa shape index (κ3) is 3.75. The van der Waals surface area contributed by atoms with Gasteiger partial charge in [0.05, 0.1) is 0 Å². The normalized spacial score (nSPS) is 19.7. The molecule has 1 aromatic heterocycles. The van der Waals surface area contributed by atoms with Gasteiger partial charge in [-0.15, -0.1) is 0 Å². The van der Waals surface area contributed by atoms with Crippen LogP contribution in [-0.2, 0) is 0 Å². The molecule has 0 bridgehead atoms. The van der Waals surface area contributed by atoms with Crippen molar-refractivity contribution in [1.29, 1.82) is 0 Å². The number of hydrogen-bond acceptors (Lipinski definition) is 3. The molecule has 3 nitrogen and oxygen atoms in total. The van der Waals surface area contributed by atoms with Crippen LogP contribution in [0.2, 0.25) is 0 Å². The molecule has 1 aliphatic carbocycles. The van der Waals surface area contributed by atoms with Gasteiger partial charge in [0.1, 0.15) is 5.82 Å². The molecule has 1 atom stereocenters. The van der Waals surface area contributed by atoms with Crippen LogP contribution in [0.3, 0.4) is 0 Å². The summed E-state index contributed by atoms with van der Waals surface area (Å²) in [7, 11) is 1.98. The van der Waals surface area contributed by atoms with Gasteiger partial charge in [0, 0.05) is 29.4 Å².